The van der Waals surface area contributed by atoms with Crippen LogP contribution in [-0.2, 0) is 6.42 Å². The van der Waals surface area contributed by atoms with Gasteiger partial charge in [-0.05, 0) is 30.4 Å². The van der Waals surface area contributed by atoms with Crippen molar-refractivity contribution in [3.05, 3.63) is 58.1 Å². The summed E-state index contributed by atoms with van der Waals surface area (Å²) in [5, 5.41) is 0. The highest BCUT2D eigenvalue weighted by atomic mass is 32.1. The third-order valence-electron chi connectivity index (χ3n) is 3.04. The van der Waals surface area contributed by atoms with E-state index in [1.807, 2.05) is 12.1 Å². The van der Waals surface area contributed by atoms with Gasteiger partial charge in [-0.25, -0.2) is 4.98 Å². The van der Waals surface area contributed by atoms with E-state index in [2.05, 4.69) is 34.2 Å². The summed E-state index contributed by atoms with van der Waals surface area (Å²) in [6.07, 6.45) is 3.38. The molecule has 3 heteroatoms. The van der Waals surface area contributed by atoms with Gasteiger partial charge in [-0.2, -0.15) is 0 Å². The van der Waals surface area contributed by atoms with E-state index in [0.717, 1.165) is 12.2 Å². The van der Waals surface area contributed by atoms with Gasteiger partial charge < -0.3 is 4.98 Å². The summed E-state index contributed by atoms with van der Waals surface area (Å²) >= 11 is 5.22. The Balaban J connectivity index is 1.90. The molecule has 0 radical (unpaired) electrons. The molecule has 1 aliphatic carbocycles. The molecule has 0 amide bonds. The first-order chi connectivity index (χ1) is 8.31. The smallest absolute Gasteiger partial charge is 0.130 e. The second-order valence-electron chi connectivity index (χ2n) is 4.56. The Labute approximate surface area is 106 Å². The molecule has 1 fully saturated rings. The lowest BCUT2D eigenvalue weighted by atomic mass is 10.1. The first kappa shape index (κ1) is 10.7. The van der Waals surface area contributed by atoms with E-state index in [-0.39, 0.29) is 0 Å². The van der Waals surface area contributed by atoms with Gasteiger partial charge in [-0.15, -0.1) is 0 Å². The molecule has 1 saturated carbocycles. The second-order valence-corrected chi connectivity index (χ2v) is 4.98. The Kier molecular flexibility index (Phi) is 2.77. The molecule has 0 unspecified atom stereocenters. The zero-order chi connectivity index (χ0) is 11.7. The highest BCUT2D eigenvalue weighted by Crippen LogP contribution is 2.38. The number of hydrogen-bond donors (Lipinski definition) is 1. The van der Waals surface area contributed by atoms with E-state index in [1.165, 1.54) is 24.1 Å². The van der Waals surface area contributed by atoms with Crippen molar-refractivity contribution >= 4 is 12.2 Å². The van der Waals surface area contributed by atoms with Gasteiger partial charge in [0, 0.05) is 12.1 Å². The van der Waals surface area contributed by atoms with E-state index >= 15 is 0 Å². The molecule has 2 nitrogen and oxygen atoms in total. The van der Waals surface area contributed by atoms with Crippen LogP contribution in [0.25, 0.3) is 0 Å². The van der Waals surface area contributed by atoms with Crippen LogP contribution in [0.15, 0.2) is 36.4 Å². The van der Waals surface area contributed by atoms with E-state index in [4.69, 9.17) is 12.2 Å². The van der Waals surface area contributed by atoms with Crippen LogP contribution in [0.3, 0.4) is 0 Å². The quantitative estimate of drug-likeness (QED) is 0.833. The molecular weight excluding hydrogens is 228 g/mol. The summed E-state index contributed by atoms with van der Waals surface area (Å²) in [7, 11) is 0. The highest BCUT2D eigenvalue weighted by molar-refractivity contribution is 7.71. The zero-order valence-electron chi connectivity index (χ0n) is 9.52. The van der Waals surface area contributed by atoms with Gasteiger partial charge in [0.05, 0.1) is 0 Å². The molecule has 0 aliphatic heterocycles. The Bertz CT molecular complexity index is 570. The first-order valence-corrected chi connectivity index (χ1v) is 6.36. The zero-order valence-corrected chi connectivity index (χ0v) is 10.3. The predicted molar refractivity (Wildman–Crippen MR) is 70.6 cm³/mol. The summed E-state index contributed by atoms with van der Waals surface area (Å²) in [5.74, 6) is 1.67. The minimum absolute atomic E-state index is 0.689. The van der Waals surface area contributed by atoms with Gasteiger partial charge in [0.15, 0.2) is 0 Å². The fourth-order valence-electron chi connectivity index (χ4n) is 2.02. The maximum atomic E-state index is 5.22. The van der Waals surface area contributed by atoms with Crippen LogP contribution in [-0.4, -0.2) is 9.97 Å². The average molecular weight is 242 g/mol. The van der Waals surface area contributed by atoms with Crippen molar-refractivity contribution in [3.8, 4) is 0 Å². The fourth-order valence-corrected chi connectivity index (χ4v) is 2.25. The number of benzene rings is 1. The molecule has 17 heavy (non-hydrogen) atoms. The van der Waals surface area contributed by atoms with Crippen LogP contribution >= 0.6 is 12.2 Å². The van der Waals surface area contributed by atoms with Gasteiger partial charge in [-0.3, -0.25) is 0 Å². The van der Waals surface area contributed by atoms with Crippen LogP contribution in [0.1, 0.15) is 35.8 Å². The fraction of sp³-hybridized carbons (Fsp3) is 0.286. The molecule has 3 rings (SSSR count). The lowest BCUT2D eigenvalue weighted by molar-refractivity contribution is 0.893. The molecule has 1 N–H and O–H groups in total. The van der Waals surface area contributed by atoms with Gasteiger partial charge >= 0.3 is 0 Å². The number of hydrogen-bond acceptors (Lipinski definition) is 2. The van der Waals surface area contributed by atoms with Crippen molar-refractivity contribution in [1.29, 1.82) is 0 Å². The largest absolute Gasteiger partial charge is 0.347 e. The highest BCUT2D eigenvalue weighted by Gasteiger charge is 2.24. The summed E-state index contributed by atoms with van der Waals surface area (Å²) in [6, 6.07) is 12.4. The molecule has 1 heterocycles. The molecule has 1 aliphatic rings. The number of aromatic nitrogens is 2. The molecule has 1 aromatic heterocycles. The van der Waals surface area contributed by atoms with Gasteiger partial charge in [0.2, 0.25) is 0 Å². The number of aromatic amines is 1. The van der Waals surface area contributed by atoms with Crippen molar-refractivity contribution < 1.29 is 0 Å². The van der Waals surface area contributed by atoms with Crippen LogP contribution in [0.2, 0.25) is 0 Å². The molecule has 2 aromatic rings. The first-order valence-electron chi connectivity index (χ1n) is 5.95. The van der Waals surface area contributed by atoms with Crippen molar-refractivity contribution in [2.24, 2.45) is 0 Å². The van der Waals surface area contributed by atoms with Crippen LogP contribution in [0, 0.1) is 4.64 Å². The maximum Gasteiger partial charge on any atom is 0.130 e. The normalized spacial score (nSPS) is 14.8. The minimum Gasteiger partial charge on any atom is -0.347 e. The average Bonchev–Trinajstić information content (AvgIpc) is 3.13. The van der Waals surface area contributed by atoms with Crippen LogP contribution in [0.4, 0.5) is 0 Å². The van der Waals surface area contributed by atoms with Crippen LogP contribution < -0.4 is 0 Å². The van der Waals surface area contributed by atoms with E-state index in [0.29, 0.717) is 10.6 Å². The summed E-state index contributed by atoms with van der Waals surface area (Å²) in [5.41, 5.74) is 2.52. The van der Waals surface area contributed by atoms with Gasteiger partial charge in [0.1, 0.15) is 10.5 Å². The van der Waals surface area contributed by atoms with Gasteiger partial charge in [0.25, 0.3) is 0 Å². The molecule has 1 aromatic carbocycles. The van der Waals surface area contributed by atoms with Crippen molar-refractivity contribution in [2.75, 3.05) is 0 Å². The molecule has 0 saturated heterocycles. The Morgan fingerprint density at radius 1 is 1.24 bits per heavy atom. The summed E-state index contributed by atoms with van der Waals surface area (Å²) < 4.78 is 0.705. The third kappa shape index (κ3) is 2.61. The Hall–Kier alpha value is -1.48. The van der Waals surface area contributed by atoms with Crippen molar-refractivity contribution in [3.63, 3.8) is 0 Å². The van der Waals surface area contributed by atoms with E-state index < -0.39 is 0 Å². The SMILES string of the molecule is S=c1cc(C2CC2)[nH]c(Cc2ccccc2)n1. The molecule has 86 valence electrons. The monoisotopic (exact) mass is 242 g/mol. The third-order valence-corrected chi connectivity index (χ3v) is 3.25. The number of nitrogens with zero attached hydrogens (tertiary/aromatic N) is 1. The molecule has 0 spiro atoms. The Morgan fingerprint density at radius 2 is 2.00 bits per heavy atom. The molecule has 0 bridgehead atoms. The summed E-state index contributed by atoms with van der Waals surface area (Å²) in [4.78, 5) is 7.82. The number of rotatable bonds is 3. The van der Waals surface area contributed by atoms with Crippen LogP contribution in [0.5, 0.6) is 0 Å². The lowest BCUT2D eigenvalue weighted by Gasteiger charge is -2.05. The number of nitrogens with one attached hydrogen (secondary N) is 1. The van der Waals surface area contributed by atoms with E-state index in [9.17, 15) is 0 Å². The molecular formula is C14H14N2S. The topological polar surface area (TPSA) is 28.7 Å². The van der Waals surface area contributed by atoms with E-state index in [1.54, 1.807) is 0 Å². The maximum absolute atomic E-state index is 5.22. The van der Waals surface area contributed by atoms with Crippen molar-refractivity contribution in [2.45, 2.75) is 25.2 Å². The minimum atomic E-state index is 0.689. The summed E-state index contributed by atoms with van der Waals surface area (Å²) in [6.45, 7) is 0. The molecule has 0 atom stereocenters. The predicted octanol–water partition coefficient (Wildman–Crippen LogP) is 3.61. The Morgan fingerprint density at radius 3 is 2.71 bits per heavy atom. The van der Waals surface area contributed by atoms with Crippen molar-refractivity contribution in [1.82, 2.24) is 9.97 Å². The van der Waals surface area contributed by atoms with Gasteiger partial charge in [-0.1, -0.05) is 42.5 Å². The second kappa shape index (κ2) is 4.41. The number of H-pyrrole nitrogens is 1. The standard InChI is InChI=1S/C14H14N2S/c17-14-9-12(11-6-7-11)15-13(16-14)8-10-4-2-1-3-5-10/h1-5,9,11H,6-8H2,(H,15,16,17). The lowest BCUT2D eigenvalue weighted by Crippen LogP contribution is -2.00.